The van der Waals surface area contributed by atoms with Gasteiger partial charge in [0.1, 0.15) is 11.6 Å². The number of hydrogen-bond acceptors (Lipinski definition) is 5. The third-order valence-corrected chi connectivity index (χ3v) is 8.42. The quantitative estimate of drug-likeness (QED) is 0.196. The maximum absolute atomic E-state index is 13.8. The van der Waals surface area contributed by atoms with E-state index in [-0.39, 0.29) is 29.6 Å². The van der Waals surface area contributed by atoms with Gasteiger partial charge in [-0.3, -0.25) is 14.4 Å². The van der Waals surface area contributed by atoms with Crippen LogP contribution in [0, 0.1) is 17.7 Å². The third kappa shape index (κ3) is 9.63. The number of benzene rings is 3. The molecule has 0 saturated carbocycles. The predicted octanol–water partition coefficient (Wildman–Crippen LogP) is 6.21. The SMILES string of the molecule is CCOc1cc(C(=O)N[C@@H](Cc2ccccc2)[C@@H](N)C[C@@H](C)C(=O)Nc2ccc(F)cc2)cc(C(=O)N2CCC[C@@H]2CC(C)C)c1. The van der Waals surface area contributed by atoms with E-state index in [9.17, 15) is 18.8 Å². The summed E-state index contributed by atoms with van der Waals surface area (Å²) in [6.45, 7) is 9.03. The number of hydrogen-bond donors (Lipinski definition) is 3. The van der Waals surface area contributed by atoms with Gasteiger partial charge >= 0.3 is 0 Å². The van der Waals surface area contributed by atoms with Crippen molar-refractivity contribution in [2.24, 2.45) is 17.6 Å². The number of rotatable bonds is 14. The van der Waals surface area contributed by atoms with Crippen LogP contribution in [0.4, 0.5) is 10.1 Å². The van der Waals surface area contributed by atoms with Gasteiger partial charge in [0.15, 0.2) is 0 Å². The van der Waals surface area contributed by atoms with Crippen molar-refractivity contribution in [3.8, 4) is 5.75 Å². The average Bonchev–Trinajstić information content (AvgIpc) is 3.49. The lowest BCUT2D eigenvalue weighted by molar-refractivity contribution is -0.119. The van der Waals surface area contributed by atoms with Crippen LogP contribution < -0.4 is 21.1 Å². The first-order valence-electron chi connectivity index (χ1n) is 16.3. The highest BCUT2D eigenvalue weighted by Crippen LogP contribution is 2.27. The molecule has 3 aromatic rings. The number of nitrogens with two attached hydrogens (primary N) is 1. The lowest BCUT2D eigenvalue weighted by Crippen LogP contribution is -2.50. The zero-order valence-electron chi connectivity index (χ0n) is 27.3. The molecule has 246 valence electrons. The molecule has 0 bridgehead atoms. The van der Waals surface area contributed by atoms with E-state index in [0.717, 1.165) is 24.8 Å². The van der Waals surface area contributed by atoms with E-state index >= 15 is 0 Å². The highest BCUT2D eigenvalue weighted by Gasteiger charge is 2.31. The molecular weight excluding hydrogens is 583 g/mol. The molecule has 1 aliphatic heterocycles. The molecular formula is C37H47FN4O4. The summed E-state index contributed by atoms with van der Waals surface area (Å²) in [6.07, 6.45) is 3.61. The van der Waals surface area contributed by atoms with E-state index in [1.807, 2.05) is 42.2 Å². The summed E-state index contributed by atoms with van der Waals surface area (Å²) in [4.78, 5) is 42.5. The Morgan fingerprint density at radius 2 is 1.70 bits per heavy atom. The smallest absolute Gasteiger partial charge is 0.254 e. The summed E-state index contributed by atoms with van der Waals surface area (Å²) >= 11 is 0. The largest absolute Gasteiger partial charge is 0.494 e. The zero-order valence-corrected chi connectivity index (χ0v) is 27.3. The van der Waals surface area contributed by atoms with Crippen molar-refractivity contribution in [1.82, 2.24) is 10.2 Å². The van der Waals surface area contributed by atoms with E-state index in [2.05, 4.69) is 24.5 Å². The first-order valence-corrected chi connectivity index (χ1v) is 16.3. The van der Waals surface area contributed by atoms with Crippen LogP contribution in [0.3, 0.4) is 0 Å². The van der Waals surface area contributed by atoms with E-state index in [1.54, 1.807) is 25.1 Å². The molecule has 0 unspecified atom stereocenters. The van der Waals surface area contributed by atoms with E-state index in [0.29, 0.717) is 54.5 Å². The van der Waals surface area contributed by atoms with Crippen LogP contribution in [0.5, 0.6) is 5.75 Å². The normalized spacial score (nSPS) is 16.5. The Morgan fingerprint density at radius 3 is 2.37 bits per heavy atom. The Balaban J connectivity index is 1.53. The first kappa shape index (κ1) is 34.6. The first-order chi connectivity index (χ1) is 22.0. The van der Waals surface area contributed by atoms with Crippen molar-refractivity contribution in [3.05, 3.63) is 95.3 Å². The molecule has 1 aliphatic rings. The highest BCUT2D eigenvalue weighted by atomic mass is 19.1. The fourth-order valence-electron chi connectivity index (χ4n) is 6.07. The Bertz CT molecular complexity index is 1460. The Morgan fingerprint density at radius 1 is 1.00 bits per heavy atom. The van der Waals surface area contributed by atoms with Crippen LogP contribution >= 0.6 is 0 Å². The number of anilines is 1. The molecule has 0 aromatic heterocycles. The number of nitrogens with zero attached hydrogens (tertiary/aromatic N) is 1. The second kappa shape index (κ2) is 16.4. The molecule has 8 nitrogen and oxygen atoms in total. The summed E-state index contributed by atoms with van der Waals surface area (Å²) in [6, 6.07) is 19.3. The summed E-state index contributed by atoms with van der Waals surface area (Å²) in [5, 5.41) is 5.91. The predicted molar refractivity (Wildman–Crippen MR) is 179 cm³/mol. The van der Waals surface area contributed by atoms with Crippen LogP contribution in [0.25, 0.3) is 0 Å². The molecule has 0 aliphatic carbocycles. The molecule has 3 amide bonds. The van der Waals surface area contributed by atoms with Gasteiger partial charge in [-0.05, 0) is 93.0 Å². The van der Waals surface area contributed by atoms with Gasteiger partial charge in [0.2, 0.25) is 5.91 Å². The second-order valence-corrected chi connectivity index (χ2v) is 12.7. The van der Waals surface area contributed by atoms with Gasteiger partial charge in [-0.15, -0.1) is 0 Å². The van der Waals surface area contributed by atoms with Crippen molar-refractivity contribution < 1.29 is 23.5 Å². The van der Waals surface area contributed by atoms with Gasteiger partial charge in [-0.2, -0.15) is 0 Å². The van der Waals surface area contributed by atoms with Crippen LogP contribution in [0.15, 0.2) is 72.8 Å². The van der Waals surface area contributed by atoms with Gasteiger partial charge in [0.05, 0.1) is 6.61 Å². The standard InChI is InChI=1S/C37H47FN4O4/c1-5-46-32-22-27(21-28(23-32)37(45)42-17-9-12-31(42)18-24(2)3)36(44)41-34(20-26-10-7-6-8-11-26)33(39)19-25(4)35(43)40-30-15-13-29(38)14-16-30/h6-8,10-11,13-16,21-25,31,33-34H,5,9,12,17-20,39H2,1-4H3,(H,40,43)(H,41,44)/t25-,31-,33+,34+/m1/s1. The molecule has 4 rings (SSSR count). The number of ether oxygens (including phenoxy) is 1. The van der Waals surface area contributed by atoms with Crippen molar-refractivity contribution in [3.63, 3.8) is 0 Å². The van der Waals surface area contributed by atoms with Crippen LogP contribution in [-0.2, 0) is 11.2 Å². The van der Waals surface area contributed by atoms with Crippen molar-refractivity contribution in [1.29, 1.82) is 0 Å². The maximum Gasteiger partial charge on any atom is 0.254 e. The topological polar surface area (TPSA) is 114 Å². The fourth-order valence-corrected chi connectivity index (χ4v) is 6.07. The molecule has 1 saturated heterocycles. The zero-order chi connectivity index (χ0) is 33.2. The average molecular weight is 631 g/mol. The minimum absolute atomic E-state index is 0.0997. The number of nitrogens with one attached hydrogen (secondary N) is 2. The van der Waals surface area contributed by atoms with Crippen molar-refractivity contribution in [2.75, 3.05) is 18.5 Å². The Hall–Kier alpha value is -4.24. The van der Waals surface area contributed by atoms with Crippen molar-refractivity contribution in [2.45, 2.75) is 77.9 Å². The van der Waals surface area contributed by atoms with Crippen LogP contribution in [0.1, 0.15) is 79.7 Å². The number of carbonyl (C=O) groups excluding carboxylic acids is 3. The summed E-state index contributed by atoms with van der Waals surface area (Å²) in [5.41, 5.74) is 8.91. The van der Waals surface area contributed by atoms with Gasteiger partial charge in [0.25, 0.3) is 11.8 Å². The van der Waals surface area contributed by atoms with E-state index in [1.165, 1.54) is 24.3 Å². The summed E-state index contributed by atoms with van der Waals surface area (Å²) in [5.74, 6) is -0.683. The minimum Gasteiger partial charge on any atom is -0.494 e. The minimum atomic E-state index is -0.573. The van der Waals surface area contributed by atoms with Crippen molar-refractivity contribution >= 4 is 23.4 Å². The van der Waals surface area contributed by atoms with E-state index in [4.69, 9.17) is 10.5 Å². The van der Waals surface area contributed by atoms with Gasteiger partial charge in [-0.25, -0.2) is 4.39 Å². The molecule has 9 heteroatoms. The maximum atomic E-state index is 13.8. The Labute approximate surface area is 271 Å². The lowest BCUT2D eigenvalue weighted by Gasteiger charge is -2.28. The van der Waals surface area contributed by atoms with Gasteiger partial charge in [-0.1, -0.05) is 51.1 Å². The second-order valence-electron chi connectivity index (χ2n) is 12.7. The highest BCUT2D eigenvalue weighted by molar-refractivity contribution is 6.00. The molecule has 1 fully saturated rings. The van der Waals surface area contributed by atoms with E-state index < -0.39 is 18.0 Å². The summed E-state index contributed by atoms with van der Waals surface area (Å²) < 4.78 is 19.1. The number of carbonyl (C=O) groups is 3. The molecule has 4 N–H and O–H groups in total. The molecule has 46 heavy (non-hydrogen) atoms. The number of halogens is 1. The summed E-state index contributed by atoms with van der Waals surface area (Å²) in [7, 11) is 0. The third-order valence-electron chi connectivity index (χ3n) is 8.42. The molecule has 1 heterocycles. The fraction of sp³-hybridized carbons (Fsp3) is 0.432. The Kier molecular flexibility index (Phi) is 12.3. The van der Waals surface area contributed by atoms with Gasteiger partial charge in [0, 0.05) is 47.4 Å². The molecule has 4 atom stereocenters. The van der Waals surface area contributed by atoms with Crippen LogP contribution in [0.2, 0.25) is 0 Å². The number of likely N-dealkylation sites (tertiary alicyclic amines) is 1. The van der Waals surface area contributed by atoms with Crippen LogP contribution in [-0.4, -0.2) is 53.9 Å². The van der Waals surface area contributed by atoms with Gasteiger partial charge < -0.3 is 26.0 Å². The monoisotopic (exact) mass is 630 g/mol. The molecule has 0 radical (unpaired) electrons. The molecule has 0 spiro atoms. The lowest BCUT2D eigenvalue weighted by atomic mass is 9.91. The molecule has 3 aromatic carbocycles. The number of amides is 3.